The second kappa shape index (κ2) is 9.50. The van der Waals surface area contributed by atoms with Gasteiger partial charge in [-0.2, -0.15) is 4.31 Å². The monoisotopic (exact) mass is 540 g/mol. The van der Waals surface area contributed by atoms with E-state index in [1.165, 1.54) is 4.31 Å². The van der Waals surface area contributed by atoms with Gasteiger partial charge in [0.2, 0.25) is 10.0 Å². The highest BCUT2D eigenvalue weighted by Crippen LogP contribution is 2.55. The number of aromatic nitrogens is 1. The quantitative estimate of drug-likeness (QED) is 0.579. The van der Waals surface area contributed by atoms with Crippen LogP contribution >= 0.6 is 0 Å². The van der Waals surface area contributed by atoms with Crippen molar-refractivity contribution in [1.29, 1.82) is 0 Å². The van der Waals surface area contributed by atoms with Gasteiger partial charge in [-0.3, -0.25) is 4.79 Å². The second-order valence-electron chi connectivity index (χ2n) is 11.7. The van der Waals surface area contributed by atoms with Crippen LogP contribution in [-0.2, 0) is 10.0 Å². The molecule has 4 saturated carbocycles. The third-order valence-corrected chi connectivity index (χ3v) is 11.0. The van der Waals surface area contributed by atoms with E-state index in [1.54, 1.807) is 37.4 Å². The number of hydrogen-bond donors (Lipinski definition) is 2. The van der Waals surface area contributed by atoms with Gasteiger partial charge in [-0.05, 0) is 93.2 Å². The standard InChI is InChI=1S/C28H36N4O5S/c1-18-17-31(38(35,36)23-8-6-22(37-2)7-9-23)10-11-32(18)25-5-3-4-24(29-25)27(33)30-26-20-12-19-13-21(26)16-28(34,14-19)15-20/h3-9,18-21,26,34H,10-17H2,1-2H3,(H,30,33). The molecule has 0 spiro atoms. The van der Waals surface area contributed by atoms with Crippen LogP contribution in [0.15, 0.2) is 47.4 Å². The van der Waals surface area contributed by atoms with Crippen molar-refractivity contribution in [3.05, 3.63) is 48.2 Å². The van der Waals surface area contributed by atoms with Crippen molar-refractivity contribution < 1.29 is 23.1 Å². The van der Waals surface area contributed by atoms with Gasteiger partial charge in [0.15, 0.2) is 0 Å². The van der Waals surface area contributed by atoms with E-state index in [0.717, 1.165) is 32.1 Å². The average Bonchev–Trinajstić information content (AvgIpc) is 2.89. The number of benzene rings is 1. The Bertz CT molecular complexity index is 1300. The first-order valence-corrected chi connectivity index (χ1v) is 15.0. The van der Waals surface area contributed by atoms with Crippen molar-refractivity contribution in [3.63, 3.8) is 0 Å². The molecular weight excluding hydrogens is 504 g/mol. The van der Waals surface area contributed by atoms with E-state index in [2.05, 4.69) is 10.2 Å². The molecule has 4 bridgehead atoms. The number of carbonyl (C=O) groups excluding carboxylic acids is 1. The molecule has 1 aromatic carbocycles. The Hall–Kier alpha value is -2.69. The highest BCUT2D eigenvalue weighted by Gasteiger charge is 2.55. The molecule has 7 rings (SSSR count). The van der Waals surface area contributed by atoms with Crippen LogP contribution in [0.3, 0.4) is 0 Å². The van der Waals surface area contributed by atoms with Gasteiger partial charge in [-0.25, -0.2) is 13.4 Å². The molecule has 38 heavy (non-hydrogen) atoms. The fraction of sp³-hybridized carbons (Fsp3) is 0.571. The Morgan fingerprint density at radius 2 is 1.79 bits per heavy atom. The number of pyridine rings is 1. The first-order chi connectivity index (χ1) is 18.1. The zero-order valence-electron chi connectivity index (χ0n) is 21.9. The van der Waals surface area contributed by atoms with Crippen molar-refractivity contribution in [3.8, 4) is 5.75 Å². The lowest BCUT2D eigenvalue weighted by molar-refractivity contribution is -0.136. The first-order valence-electron chi connectivity index (χ1n) is 13.6. The van der Waals surface area contributed by atoms with Crippen LogP contribution in [0.2, 0.25) is 0 Å². The first kappa shape index (κ1) is 25.6. The second-order valence-corrected chi connectivity index (χ2v) is 13.6. The summed E-state index contributed by atoms with van der Waals surface area (Å²) in [5.74, 6) is 2.35. The van der Waals surface area contributed by atoms with Gasteiger partial charge in [0.25, 0.3) is 5.91 Å². The minimum Gasteiger partial charge on any atom is -0.497 e. The van der Waals surface area contributed by atoms with Crippen molar-refractivity contribution in [2.45, 2.75) is 61.6 Å². The van der Waals surface area contributed by atoms with Gasteiger partial charge in [-0.15, -0.1) is 0 Å². The molecular formula is C28H36N4O5S. The summed E-state index contributed by atoms with van der Waals surface area (Å²) < 4.78 is 33.1. The normalized spacial score (nSPS) is 32.8. The molecule has 1 saturated heterocycles. The highest BCUT2D eigenvalue weighted by molar-refractivity contribution is 7.89. The molecule has 2 heterocycles. The van der Waals surface area contributed by atoms with E-state index < -0.39 is 15.6 Å². The minimum atomic E-state index is -3.63. The van der Waals surface area contributed by atoms with Crippen LogP contribution in [0.1, 0.15) is 49.5 Å². The maximum absolute atomic E-state index is 13.3. The third kappa shape index (κ3) is 4.56. The number of nitrogens with one attached hydrogen (secondary N) is 1. The number of hydrogen-bond acceptors (Lipinski definition) is 7. The van der Waals surface area contributed by atoms with E-state index in [0.29, 0.717) is 54.6 Å². The Labute approximate surface area is 224 Å². The molecule has 10 heteroatoms. The van der Waals surface area contributed by atoms with Crippen molar-refractivity contribution in [2.24, 2.45) is 17.8 Å². The number of amides is 1. The lowest BCUT2D eigenvalue weighted by Gasteiger charge is -2.58. The molecule has 1 aliphatic heterocycles. The maximum atomic E-state index is 13.3. The molecule has 5 aliphatic rings. The molecule has 3 atom stereocenters. The van der Waals surface area contributed by atoms with E-state index in [4.69, 9.17) is 9.72 Å². The number of anilines is 1. The number of piperazine rings is 1. The number of sulfonamides is 1. The van der Waals surface area contributed by atoms with E-state index >= 15 is 0 Å². The number of nitrogens with zero attached hydrogens (tertiary/aromatic N) is 3. The van der Waals surface area contributed by atoms with Crippen LogP contribution in [0, 0.1) is 17.8 Å². The fourth-order valence-corrected chi connectivity index (χ4v) is 9.04. The number of methoxy groups -OCH3 is 1. The maximum Gasteiger partial charge on any atom is 0.270 e. The van der Waals surface area contributed by atoms with E-state index in [1.807, 2.05) is 19.1 Å². The molecule has 2 aromatic rings. The Morgan fingerprint density at radius 1 is 1.08 bits per heavy atom. The van der Waals surface area contributed by atoms with Gasteiger partial charge in [0.05, 0.1) is 17.6 Å². The zero-order chi connectivity index (χ0) is 26.7. The lowest BCUT2D eigenvalue weighted by atomic mass is 9.52. The number of aliphatic hydroxyl groups is 1. The minimum absolute atomic E-state index is 0.0930. The third-order valence-electron chi connectivity index (χ3n) is 9.09. The highest BCUT2D eigenvalue weighted by atomic mass is 32.2. The number of ether oxygens (including phenoxy) is 1. The largest absolute Gasteiger partial charge is 0.497 e. The predicted molar refractivity (Wildman–Crippen MR) is 143 cm³/mol. The van der Waals surface area contributed by atoms with E-state index in [9.17, 15) is 18.3 Å². The molecule has 3 unspecified atom stereocenters. The predicted octanol–water partition coefficient (Wildman–Crippen LogP) is 2.66. The van der Waals surface area contributed by atoms with Crippen LogP contribution in [0.25, 0.3) is 0 Å². The van der Waals surface area contributed by atoms with Crippen LogP contribution in [-0.4, -0.2) is 73.1 Å². The summed E-state index contributed by atoms with van der Waals surface area (Å²) in [7, 11) is -2.08. The molecule has 5 fully saturated rings. The van der Waals surface area contributed by atoms with Gasteiger partial charge < -0.3 is 20.1 Å². The van der Waals surface area contributed by atoms with Crippen LogP contribution in [0.4, 0.5) is 5.82 Å². The summed E-state index contributed by atoms with van der Waals surface area (Å²) in [6.07, 6.45) is 4.63. The summed E-state index contributed by atoms with van der Waals surface area (Å²) in [4.78, 5) is 20.3. The summed E-state index contributed by atoms with van der Waals surface area (Å²) in [6, 6.07) is 11.9. The SMILES string of the molecule is COc1ccc(S(=O)(=O)N2CCN(c3cccc(C(=O)NC4C5CC6CC4CC(O)(C6)C5)n3)C(C)C2)cc1. The van der Waals surface area contributed by atoms with Crippen LogP contribution in [0.5, 0.6) is 5.75 Å². The van der Waals surface area contributed by atoms with Crippen molar-refractivity contribution >= 4 is 21.7 Å². The summed E-state index contributed by atoms with van der Waals surface area (Å²) in [5, 5.41) is 14.1. The molecule has 2 N–H and O–H groups in total. The lowest BCUT2D eigenvalue weighted by Crippen LogP contribution is -2.61. The fourth-order valence-electron chi connectivity index (χ4n) is 7.53. The van der Waals surface area contributed by atoms with Crippen molar-refractivity contribution in [2.75, 3.05) is 31.6 Å². The molecule has 1 aromatic heterocycles. The molecule has 4 aliphatic carbocycles. The molecule has 9 nitrogen and oxygen atoms in total. The van der Waals surface area contributed by atoms with Crippen molar-refractivity contribution in [1.82, 2.24) is 14.6 Å². The average molecular weight is 541 g/mol. The topological polar surface area (TPSA) is 112 Å². The summed E-state index contributed by atoms with van der Waals surface area (Å²) in [5.41, 5.74) is -0.162. The molecule has 1 amide bonds. The van der Waals surface area contributed by atoms with Gasteiger partial charge in [0, 0.05) is 31.7 Å². The Balaban J connectivity index is 1.12. The van der Waals surface area contributed by atoms with Crippen LogP contribution < -0.4 is 15.0 Å². The molecule has 0 radical (unpaired) electrons. The van der Waals surface area contributed by atoms with Gasteiger partial charge >= 0.3 is 0 Å². The number of carbonyl (C=O) groups is 1. The summed E-state index contributed by atoms with van der Waals surface area (Å²) in [6.45, 7) is 3.10. The zero-order valence-corrected chi connectivity index (χ0v) is 22.7. The Morgan fingerprint density at radius 3 is 2.42 bits per heavy atom. The van der Waals surface area contributed by atoms with E-state index in [-0.39, 0.29) is 22.9 Å². The van der Waals surface area contributed by atoms with Gasteiger partial charge in [-0.1, -0.05) is 6.07 Å². The smallest absolute Gasteiger partial charge is 0.270 e. The van der Waals surface area contributed by atoms with Gasteiger partial charge in [0.1, 0.15) is 17.3 Å². The number of rotatable bonds is 6. The molecule has 204 valence electrons. The Kier molecular flexibility index (Phi) is 6.39. The summed E-state index contributed by atoms with van der Waals surface area (Å²) >= 11 is 0.